The third-order valence-electron chi connectivity index (χ3n) is 2.37. The molecule has 2 aromatic rings. The Labute approximate surface area is 107 Å². The van der Waals surface area contributed by atoms with Crippen molar-refractivity contribution in [2.45, 2.75) is 0 Å². The van der Waals surface area contributed by atoms with Crippen LogP contribution in [-0.2, 0) is 4.79 Å². The number of benzene rings is 1. The van der Waals surface area contributed by atoms with E-state index in [0.29, 0.717) is 17.1 Å². The first-order valence-electron chi connectivity index (χ1n) is 5.30. The molecule has 1 aromatic heterocycles. The summed E-state index contributed by atoms with van der Waals surface area (Å²) in [4.78, 5) is 20.3. The fraction of sp³-hybridized carbons (Fsp3) is 0. The molecule has 0 aliphatic carbocycles. The molecule has 0 aliphatic heterocycles. The molecule has 0 saturated carbocycles. The number of non-ortho nitro benzene ring substituents is 1. The number of nitro benzene ring substituents is 1. The maximum atomic E-state index is 10.5. The molecule has 0 spiro atoms. The van der Waals surface area contributed by atoms with Crippen molar-refractivity contribution in [1.82, 2.24) is 0 Å². The summed E-state index contributed by atoms with van der Waals surface area (Å²) in [5, 5.41) is 20.8. The molecule has 0 bridgehead atoms. The van der Waals surface area contributed by atoms with Crippen LogP contribution in [0.4, 0.5) is 5.69 Å². The van der Waals surface area contributed by atoms with Crippen molar-refractivity contribution >= 4 is 17.7 Å². The first-order valence-corrected chi connectivity index (χ1v) is 5.30. The molecule has 0 N–H and O–H groups in total. The largest absolute Gasteiger partial charge is 0.545 e. The first kappa shape index (κ1) is 12.6. The topological polar surface area (TPSA) is 96.4 Å². The normalized spacial score (nSPS) is 10.7. The highest BCUT2D eigenvalue weighted by atomic mass is 16.6. The molecule has 19 heavy (non-hydrogen) atoms. The van der Waals surface area contributed by atoms with Crippen molar-refractivity contribution in [3.05, 3.63) is 58.3 Å². The van der Waals surface area contributed by atoms with Gasteiger partial charge in [-0.1, -0.05) is 0 Å². The summed E-state index contributed by atoms with van der Waals surface area (Å²) in [6.45, 7) is 0. The molecule has 6 heteroatoms. The number of carbonyl (C=O) groups excluding carboxylic acids is 1. The van der Waals surface area contributed by atoms with Crippen LogP contribution < -0.4 is 5.11 Å². The minimum atomic E-state index is -1.31. The Bertz CT molecular complexity index is 639. The maximum Gasteiger partial charge on any atom is 0.269 e. The van der Waals surface area contributed by atoms with Crippen LogP contribution in [0.1, 0.15) is 5.76 Å². The van der Waals surface area contributed by atoms with E-state index in [2.05, 4.69) is 0 Å². The highest BCUT2D eigenvalue weighted by Crippen LogP contribution is 2.24. The Morgan fingerprint density at radius 2 is 1.84 bits per heavy atom. The number of furan rings is 1. The minimum Gasteiger partial charge on any atom is -0.545 e. The van der Waals surface area contributed by atoms with E-state index >= 15 is 0 Å². The Morgan fingerprint density at radius 3 is 2.42 bits per heavy atom. The number of nitro groups is 1. The number of rotatable bonds is 4. The molecule has 6 nitrogen and oxygen atoms in total. The van der Waals surface area contributed by atoms with Gasteiger partial charge in [0, 0.05) is 17.7 Å². The van der Waals surface area contributed by atoms with Crippen LogP contribution in [0.25, 0.3) is 17.4 Å². The summed E-state index contributed by atoms with van der Waals surface area (Å²) in [5.74, 6) is -0.460. The lowest BCUT2D eigenvalue weighted by molar-refractivity contribution is -0.384. The molecular formula is C13H8NO5-. The molecule has 0 atom stereocenters. The van der Waals surface area contributed by atoms with Gasteiger partial charge in [0.05, 0.1) is 10.9 Å². The van der Waals surface area contributed by atoms with Gasteiger partial charge in [-0.15, -0.1) is 0 Å². The lowest BCUT2D eigenvalue weighted by atomic mass is 10.1. The van der Waals surface area contributed by atoms with Gasteiger partial charge < -0.3 is 14.3 Å². The molecule has 0 saturated heterocycles. The van der Waals surface area contributed by atoms with Gasteiger partial charge in [0.1, 0.15) is 11.5 Å². The minimum absolute atomic E-state index is 0.00706. The zero-order valence-electron chi connectivity index (χ0n) is 9.61. The summed E-state index contributed by atoms with van der Waals surface area (Å²) in [5.41, 5.74) is 0.658. The maximum absolute atomic E-state index is 10.5. The van der Waals surface area contributed by atoms with Gasteiger partial charge in [-0.05, 0) is 36.4 Å². The third kappa shape index (κ3) is 3.06. The summed E-state index contributed by atoms with van der Waals surface area (Å²) in [6, 6.07) is 9.10. The zero-order chi connectivity index (χ0) is 13.8. The van der Waals surface area contributed by atoms with E-state index < -0.39 is 10.9 Å². The Hall–Kier alpha value is -2.89. The predicted molar refractivity (Wildman–Crippen MR) is 64.8 cm³/mol. The molecule has 0 radical (unpaired) electrons. The van der Waals surface area contributed by atoms with Gasteiger partial charge in [0.2, 0.25) is 0 Å². The van der Waals surface area contributed by atoms with Crippen LogP contribution in [0.5, 0.6) is 0 Å². The van der Waals surface area contributed by atoms with Crippen molar-refractivity contribution in [3.63, 3.8) is 0 Å². The van der Waals surface area contributed by atoms with Crippen LogP contribution in [-0.4, -0.2) is 10.9 Å². The second-order valence-corrected chi connectivity index (χ2v) is 3.66. The lowest BCUT2D eigenvalue weighted by Gasteiger charge is -1.96. The standard InChI is InChI=1S/C13H9NO5/c15-13(16)8-6-11-5-7-12(19-11)9-1-3-10(4-2-9)14(17)18/h1-8H,(H,15,16)/p-1/b8-6+. The van der Waals surface area contributed by atoms with E-state index in [1.165, 1.54) is 18.2 Å². The molecule has 1 aromatic carbocycles. The number of aliphatic carboxylic acids is 1. The molecule has 96 valence electrons. The Morgan fingerprint density at radius 1 is 1.16 bits per heavy atom. The second kappa shape index (κ2) is 5.18. The predicted octanol–water partition coefficient (Wildman–Crippen LogP) is 1.62. The van der Waals surface area contributed by atoms with E-state index in [1.807, 2.05) is 0 Å². The third-order valence-corrected chi connectivity index (χ3v) is 2.37. The van der Waals surface area contributed by atoms with Crippen molar-refractivity contribution in [3.8, 4) is 11.3 Å². The van der Waals surface area contributed by atoms with Gasteiger partial charge in [0.15, 0.2) is 0 Å². The van der Waals surface area contributed by atoms with E-state index in [-0.39, 0.29) is 5.69 Å². The van der Waals surface area contributed by atoms with Crippen molar-refractivity contribution < 1.29 is 19.2 Å². The van der Waals surface area contributed by atoms with Gasteiger partial charge in [-0.25, -0.2) is 0 Å². The molecule has 0 unspecified atom stereocenters. The summed E-state index contributed by atoms with van der Waals surface area (Å²) < 4.78 is 5.37. The molecule has 0 amide bonds. The van der Waals surface area contributed by atoms with Gasteiger partial charge in [-0.2, -0.15) is 0 Å². The number of hydrogen-bond acceptors (Lipinski definition) is 5. The summed E-state index contributed by atoms with van der Waals surface area (Å²) in [6.07, 6.45) is 2.13. The Balaban J connectivity index is 2.23. The van der Waals surface area contributed by atoms with Crippen LogP contribution in [0, 0.1) is 10.1 Å². The van der Waals surface area contributed by atoms with Crippen molar-refractivity contribution in [2.24, 2.45) is 0 Å². The van der Waals surface area contributed by atoms with E-state index in [9.17, 15) is 20.0 Å². The average Bonchev–Trinajstić information content (AvgIpc) is 2.85. The number of nitrogens with zero attached hydrogens (tertiary/aromatic N) is 1. The first-order chi connectivity index (χ1) is 9.06. The number of carboxylic acid groups (broad SMARTS) is 1. The van der Waals surface area contributed by atoms with E-state index in [1.54, 1.807) is 24.3 Å². The van der Waals surface area contributed by atoms with Crippen LogP contribution in [0.2, 0.25) is 0 Å². The average molecular weight is 258 g/mol. The van der Waals surface area contributed by atoms with Crippen molar-refractivity contribution in [1.29, 1.82) is 0 Å². The Kier molecular flexibility index (Phi) is 3.42. The zero-order valence-corrected chi connectivity index (χ0v) is 9.61. The quantitative estimate of drug-likeness (QED) is 0.471. The number of carbonyl (C=O) groups is 1. The number of hydrogen-bond donors (Lipinski definition) is 0. The fourth-order valence-electron chi connectivity index (χ4n) is 1.50. The van der Waals surface area contributed by atoms with Crippen molar-refractivity contribution in [2.75, 3.05) is 0 Å². The molecule has 2 rings (SSSR count). The van der Waals surface area contributed by atoms with Crippen LogP contribution >= 0.6 is 0 Å². The number of carboxylic acids is 1. The smallest absolute Gasteiger partial charge is 0.269 e. The van der Waals surface area contributed by atoms with Crippen LogP contribution in [0.3, 0.4) is 0 Å². The fourth-order valence-corrected chi connectivity index (χ4v) is 1.50. The highest BCUT2D eigenvalue weighted by molar-refractivity contribution is 5.83. The summed E-state index contributed by atoms with van der Waals surface area (Å²) in [7, 11) is 0. The van der Waals surface area contributed by atoms with Crippen LogP contribution in [0.15, 0.2) is 46.9 Å². The summed E-state index contributed by atoms with van der Waals surface area (Å²) >= 11 is 0. The van der Waals surface area contributed by atoms with E-state index in [4.69, 9.17) is 4.42 Å². The second-order valence-electron chi connectivity index (χ2n) is 3.66. The molecular weight excluding hydrogens is 250 g/mol. The molecule has 0 aliphatic rings. The van der Waals surface area contributed by atoms with E-state index in [0.717, 1.165) is 6.08 Å². The van der Waals surface area contributed by atoms with Gasteiger partial charge >= 0.3 is 0 Å². The van der Waals surface area contributed by atoms with Gasteiger partial charge in [-0.3, -0.25) is 10.1 Å². The SMILES string of the molecule is O=C([O-])/C=C/c1ccc(-c2ccc([N+](=O)[O-])cc2)o1. The monoisotopic (exact) mass is 258 g/mol. The lowest BCUT2D eigenvalue weighted by Crippen LogP contribution is -2.18. The molecule has 1 heterocycles. The highest BCUT2D eigenvalue weighted by Gasteiger charge is 2.07. The molecule has 0 fully saturated rings. The van der Waals surface area contributed by atoms with Gasteiger partial charge in [0.25, 0.3) is 5.69 Å².